The van der Waals surface area contributed by atoms with E-state index < -0.39 is 32.1 Å². The zero-order chi connectivity index (χ0) is 16.1. The molecule has 0 amide bonds. The summed E-state index contributed by atoms with van der Waals surface area (Å²) in [5, 5.41) is -0.981. The van der Waals surface area contributed by atoms with Crippen molar-refractivity contribution in [2.24, 2.45) is 0 Å². The lowest BCUT2D eigenvalue weighted by atomic mass is 9.91. The first-order chi connectivity index (χ1) is 10.2. The molecule has 2 nitrogen and oxygen atoms in total. The highest BCUT2D eigenvalue weighted by atomic mass is 32.2. The Bertz CT molecular complexity index is 732. The number of benzene rings is 1. The van der Waals surface area contributed by atoms with Crippen molar-refractivity contribution in [1.82, 2.24) is 0 Å². The number of alkyl halides is 3. The topological polar surface area (TPSA) is 34.1 Å². The lowest BCUT2D eigenvalue weighted by molar-refractivity contribution is -0.137. The van der Waals surface area contributed by atoms with E-state index in [1.807, 2.05) is 0 Å². The summed E-state index contributed by atoms with van der Waals surface area (Å²) in [6.45, 7) is 1.62. The Morgan fingerprint density at radius 2 is 1.86 bits per heavy atom. The van der Waals surface area contributed by atoms with E-state index in [2.05, 4.69) is 0 Å². The monoisotopic (exact) mass is 330 g/mol. The third-order valence-electron chi connectivity index (χ3n) is 4.51. The van der Waals surface area contributed by atoms with Gasteiger partial charge in [-0.15, -0.1) is 0 Å². The summed E-state index contributed by atoms with van der Waals surface area (Å²) < 4.78 is 63.3. The van der Waals surface area contributed by atoms with Crippen molar-refractivity contribution in [3.8, 4) is 0 Å². The van der Waals surface area contributed by atoms with Crippen LogP contribution in [0.4, 0.5) is 13.2 Å². The fourth-order valence-corrected chi connectivity index (χ4v) is 5.65. The molecule has 2 atom stereocenters. The Morgan fingerprint density at radius 3 is 2.50 bits per heavy atom. The van der Waals surface area contributed by atoms with E-state index >= 15 is 0 Å². The molecule has 2 unspecified atom stereocenters. The Labute approximate surface area is 128 Å². The summed E-state index contributed by atoms with van der Waals surface area (Å²) in [5.41, 5.74) is 1.09. The highest BCUT2D eigenvalue weighted by Crippen LogP contribution is 2.40. The molecular weight excluding hydrogens is 313 g/mol. The van der Waals surface area contributed by atoms with E-state index in [-0.39, 0.29) is 0 Å². The van der Waals surface area contributed by atoms with E-state index in [9.17, 15) is 21.6 Å². The zero-order valence-corrected chi connectivity index (χ0v) is 13.0. The molecule has 1 fully saturated rings. The van der Waals surface area contributed by atoms with Gasteiger partial charge in [0.1, 0.15) is 0 Å². The fourth-order valence-electron chi connectivity index (χ4n) is 3.40. The van der Waals surface area contributed by atoms with E-state index in [1.165, 1.54) is 0 Å². The molecule has 22 heavy (non-hydrogen) atoms. The van der Waals surface area contributed by atoms with Crippen LogP contribution in [0.1, 0.15) is 42.4 Å². The number of rotatable bonds is 1. The molecule has 120 valence electrons. The molecule has 2 aliphatic rings. The molecular formula is C16H17F3O2S. The number of sulfone groups is 1. The molecule has 2 heterocycles. The summed E-state index contributed by atoms with van der Waals surface area (Å²) in [7, 11) is -3.15. The molecule has 0 spiro atoms. The second kappa shape index (κ2) is 5.11. The Balaban J connectivity index is 2.06. The van der Waals surface area contributed by atoms with Crippen molar-refractivity contribution in [1.29, 1.82) is 0 Å². The summed E-state index contributed by atoms with van der Waals surface area (Å²) in [6.07, 6.45) is -0.369. The van der Waals surface area contributed by atoms with Crippen molar-refractivity contribution in [2.45, 2.75) is 49.3 Å². The summed E-state index contributed by atoms with van der Waals surface area (Å²) in [6, 6.07) is 3.95. The van der Waals surface area contributed by atoms with Crippen molar-refractivity contribution >= 4 is 15.4 Å². The molecule has 2 bridgehead atoms. The number of allylic oxidation sites excluding steroid dienone is 1. The molecule has 1 aromatic rings. The summed E-state index contributed by atoms with van der Waals surface area (Å²) in [5.74, 6) is 0. The van der Waals surface area contributed by atoms with Gasteiger partial charge in [0.2, 0.25) is 0 Å². The molecule has 0 saturated carbocycles. The third-order valence-corrected chi connectivity index (χ3v) is 7.06. The summed E-state index contributed by atoms with van der Waals surface area (Å²) >= 11 is 0. The van der Waals surface area contributed by atoms with Gasteiger partial charge in [-0.1, -0.05) is 18.6 Å². The van der Waals surface area contributed by atoms with Gasteiger partial charge in [-0.2, -0.15) is 13.2 Å². The van der Waals surface area contributed by atoms with Gasteiger partial charge in [-0.05, 0) is 55.0 Å². The van der Waals surface area contributed by atoms with Crippen LogP contribution >= 0.6 is 0 Å². The van der Waals surface area contributed by atoms with Gasteiger partial charge < -0.3 is 0 Å². The molecule has 0 radical (unpaired) electrons. The van der Waals surface area contributed by atoms with Gasteiger partial charge in [0.15, 0.2) is 9.84 Å². The number of hydrogen-bond donors (Lipinski definition) is 0. The highest BCUT2D eigenvalue weighted by molar-refractivity contribution is 7.93. The zero-order valence-electron chi connectivity index (χ0n) is 12.2. The van der Waals surface area contributed by atoms with Crippen molar-refractivity contribution in [2.75, 3.05) is 0 Å². The van der Waals surface area contributed by atoms with Crippen LogP contribution in [0.15, 0.2) is 24.3 Å². The van der Waals surface area contributed by atoms with Gasteiger partial charge in [-0.3, -0.25) is 0 Å². The molecule has 6 heteroatoms. The minimum atomic E-state index is -4.39. The Morgan fingerprint density at radius 1 is 1.14 bits per heavy atom. The van der Waals surface area contributed by atoms with E-state index in [4.69, 9.17) is 0 Å². The minimum absolute atomic E-state index is 0.319. The molecule has 0 N–H and O–H groups in total. The van der Waals surface area contributed by atoms with Crippen LogP contribution in [0.3, 0.4) is 0 Å². The highest BCUT2D eigenvalue weighted by Gasteiger charge is 2.40. The van der Waals surface area contributed by atoms with Gasteiger partial charge in [0.05, 0.1) is 16.1 Å². The van der Waals surface area contributed by atoms with Gasteiger partial charge >= 0.3 is 6.18 Å². The van der Waals surface area contributed by atoms with Gasteiger partial charge in [0, 0.05) is 0 Å². The normalized spacial score (nSPS) is 27.4. The number of hydrogen-bond acceptors (Lipinski definition) is 2. The molecule has 1 aromatic carbocycles. The van der Waals surface area contributed by atoms with Gasteiger partial charge in [-0.25, -0.2) is 8.42 Å². The largest absolute Gasteiger partial charge is 0.416 e. The first-order valence-electron chi connectivity index (χ1n) is 7.30. The number of aryl methyl sites for hydroxylation is 1. The van der Waals surface area contributed by atoms with Crippen LogP contribution in [0, 0.1) is 6.92 Å². The second-order valence-electron chi connectivity index (χ2n) is 6.16. The smallest absolute Gasteiger partial charge is 0.228 e. The van der Waals surface area contributed by atoms with Crippen LogP contribution in [-0.2, 0) is 16.0 Å². The van der Waals surface area contributed by atoms with Gasteiger partial charge in [0.25, 0.3) is 0 Å². The predicted molar refractivity (Wildman–Crippen MR) is 79.1 cm³/mol. The van der Waals surface area contributed by atoms with Crippen LogP contribution in [0.25, 0.3) is 5.57 Å². The number of halogens is 3. The summed E-state index contributed by atoms with van der Waals surface area (Å²) in [4.78, 5) is 0. The predicted octanol–water partition coefficient (Wildman–Crippen LogP) is 4.14. The molecule has 1 saturated heterocycles. The standard InChI is InChI=1S/C16H17F3O2S/c1-10-5-11(7-13(6-10)16(17,18)19)12-8-14-3-2-4-15(9-12)22(14,20)21/h5-8,14-15H,2-4,9H2,1H3. The quantitative estimate of drug-likeness (QED) is 0.776. The first kappa shape index (κ1) is 15.6. The van der Waals surface area contributed by atoms with Crippen LogP contribution in [0.2, 0.25) is 0 Å². The maximum atomic E-state index is 13.0. The maximum absolute atomic E-state index is 13.0. The van der Waals surface area contributed by atoms with Crippen molar-refractivity contribution in [3.63, 3.8) is 0 Å². The van der Waals surface area contributed by atoms with Crippen LogP contribution < -0.4 is 0 Å². The first-order valence-corrected chi connectivity index (χ1v) is 8.91. The van der Waals surface area contributed by atoms with E-state index in [0.29, 0.717) is 30.4 Å². The molecule has 2 aliphatic heterocycles. The fraction of sp³-hybridized carbons (Fsp3) is 0.500. The lowest BCUT2D eigenvalue weighted by Crippen LogP contribution is -2.38. The average Bonchev–Trinajstić information content (AvgIpc) is 2.35. The lowest BCUT2D eigenvalue weighted by Gasteiger charge is -2.33. The third kappa shape index (κ3) is 2.69. The molecule has 0 aromatic heterocycles. The maximum Gasteiger partial charge on any atom is 0.416 e. The van der Waals surface area contributed by atoms with Crippen molar-refractivity contribution < 1.29 is 21.6 Å². The SMILES string of the molecule is Cc1cc(C2=CC3CCCC(C2)S3(=O)=O)cc(C(F)(F)F)c1. The number of fused-ring (bicyclic) bond motifs is 2. The molecule has 0 aliphatic carbocycles. The average molecular weight is 330 g/mol. The van der Waals surface area contributed by atoms with E-state index in [1.54, 1.807) is 19.1 Å². The second-order valence-corrected chi connectivity index (χ2v) is 8.61. The van der Waals surface area contributed by atoms with Crippen LogP contribution in [0.5, 0.6) is 0 Å². The minimum Gasteiger partial charge on any atom is -0.228 e. The molecule has 3 rings (SSSR count). The van der Waals surface area contributed by atoms with Crippen molar-refractivity contribution in [3.05, 3.63) is 41.0 Å². The Kier molecular flexibility index (Phi) is 3.62. The Hall–Kier alpha value is -1.30. The van der Waals surface area contributed by atoms with Crippen LogP contribution in [-0.4, -0.2) is 18.9 Å². The van der Waals surface area contributed by atoms with E-state index in [0.717, 1.165) is 24.1 Å².